The molecule has 2 heterocycles. The number of fused-ring (bicyclic) bond motifs is 1. The van der Waals surface area contributed by atoms with Gasteiger partial charge in [0.1, 0.15) is 17.2 Å². The van der Waals surface area contributed by atoms with Crippen LogP contribution >= 0.6 is 0 Å². The van der Waals surface area contributed by atoms with Gasteiger partial charge in [-0.3, -0.25) is 15.0 Å². The van der Waals surface area contributed by atoms with Crippen LogP contribution in [0.1, 0.15) is 56.6 Å². The van der Waals surface area contributed by atoms with E-state index in [0.717, 1.165) is 46.5 Å². The van der Waals surface area contributed by atoms with E-state index in [1.165, 1.54) is 24.3 Å². The Balaban J connectivity index is 1.38. The Morgan fingerprint density at radius 3 is 2.45 bits per heavy atom. The zero-order valence-corrected chi connectivity index (χ0v) is 22.8. The van der Waals surface area contributed by atoms with E-state index in [1.807, 2.05) is 39.0 Å². The van der Waals surface area contributed by atoms with Crippen LogP contribution in [0.4, 0.5) is 20.6 Å². The molecule has 3 aromatic carbocycles. The molecule has 0 radical (unpaired) electrons. The quantitative estimate of drug-likeness (QED) is 0.200. The van der Waals surface area contributed by atoms with Crippen LogP contribution < -0.4 is 4.90 Å². The number of nitrogens with one attached hydrogen (secondary N) is 1. The number of hydrogen-bond acceptors (Lipinski definition) is 6. The molecular weight excluding hydrogens is 513 g/mol. The summed E-state index contributed by atoms with van der Waals surface area (Å²) in [4.78, 5) is 35.5. The van der Waals surface area contributed by atoms with Crippen molar-refractivity contribution in [2.24, 2.45) is 0 Å². The number of aromatic nitrogens is 2. The molecule has 0 aliphatic carbocycles. The molecule has 10 heteroatoms. The zero-order valence-electron chi connectivity index (χ0n) is 22.8. The smallest absolute Gasteiger partial charge is 0.410 e. The summed E-state index contributed by atoms with van der Waals surface area (Å²) in [5.41, 5.74) is 3.83. The number of benzene rings is 3. The number of carbonyl (C=O) groups is 1. The van der Waals surface area contributed by atoms with E-state index >= 15 is 0 Å². The summed E-state index contributed by atoms with van der Waals surface area (Å²) in [7, 11) is 0. The number of halogens is 1. The number of anilines is 1. The second-order valence-corrected chi connectivity index (χ2v) is 11.1. The summed E-state index contributed by atoms with van der Waals surface area (Å²) in [6, 6.07) is 18.5. The van der Waals surface area contributed by atoms with E-state index in [0.29, 0.717) is 19.6 Å². The van der Waals surface area contributed by atoms with Crippen LogP contribution in [0.15, 0.2) is 66.7 Å². The lowest BCUT2D eigenvalue weighted by Crippen LogP contribution is -2.36. The first-order valence-electron chi connectivity index (χ1n) is 13.3. The Hall–Kier alpha value is -4.47. The van der Waals surface area contributed by atoms with Gasteiger partial charge in [0.2, 0.25) is 0 Å². The van der Waals surface area contributed by atoms with Gasteiger partial charge in [0.15, 0.2) is 0 Å². The summed E-state index contributed by atoms with van der Waals surface area (Å²) in [5.74, 6) is 0.411. The predicted octanol–water partition coefficient (Wildman–Crippen LogP) is 6.89. The lowest BCUT2D eigenvalue weighted by molar-refractivity contribution is -0.384. The van der Waals surface area contributed by atoms with Gasteiger partial charge in [-0.15, -0.1) is 0 Å². The molecule has 40 heavy (non-hydrogen) atoms. The molecule has 1 aromatic heterocycles. The van der Waals surface area contributed by atoms with Crippen LogP contribution in [0.2, 0.25) is 0 Å². The topological polar surface area (TPSA) is 105 Å². The Morgan fingerprint density at radius 2 is 1.77 bits per heavy atom. The number of hydrogen-bond donors (Lipinski definition) is 1. The van der Waals surface area contributed by atoms with Crippen LogP contribution in [0, 0.1) is 15.9 Å². The number of nitro groups is 1. The highest BCUT2D eigenvalue weighted by molar-refractivity contribution is 5.76. The van der Waals surface area contributed by atoms with E-state index < -0.39 is 10.5 Å². The number of imidazole rings is 1. The van der Waals surface area contributed by atoms with E-state index in [4.69, 9.17) is 9.72 Å². The molecule has 1 aliphatic rings. The molecule has 0 saturated carbocycles. The van der Waals surface area contributed by atoms with Crippen LogP contribution in [-0.2, 0) is 17.8 Å². The third kappa shape index (κ3) is 6.22. The second-order valence-electron chi connectivity index (χ2n) is 11.1. The number of rotatable bonds is 7. The van der Waals surface area contributed by atoms with Crippen LogP contribution in [0.3, 0.4) is 0 Å². The van der Waals surface area contributed by atoms with Gasteiger partial charge in [-0.1, -0.05) is 18.2 Å². The van der Waals surface area contributed by atoms with Gasteiger partial charge in [-0.05, 0) is 81.1 Å². The first-order valence-corrected chi connectivity index (χ1v) is 13.3. The van der Waals surface area contributed by atoms with Gasteiger partial charge >= 0.3 is 6.09 Å². The van der Waals surface area contributed by atoms with Crippen molar-refractivity contribution in [1.82, 2.24) is 14.9 Å². The molecule has 1 aliphatic heterocycles. The Kier molecular flexibility index (Phi) is 7.42. The number of non-ortho nitro benzene ring substituents is 1. The Bertz CT molecular complexity index is 1510. The summed E-state index contributed by atoms with van der Waals surface area (Å²) >= 11 is 0. The fourth-order valence-electron chi connectivity index (χ4n) is 4.97. The second kappa shape index (κ2) is 11.0. The number of likely N-dealkylation sites (tertiary alicyclic amines) is 1. The number of H-pyrrole nitrogens is 1. The molecule has 208 valence electrons. The van der Waals surface area contributed by atoms with Crippen LogP contribution in [0.25, 0.3) is 11.0 Å². The fraction of sp³-hybridized carbons (Fsp3) is 0.333. The predicted molar refractivity (Wildman–Crippen MR) is 150 cm³/mol. The summed E-state index contributed by atoms with van der Waals surface area (Å²) in [6.07, 6.45) is 1.35. The van der Waals surface area contributed by atoms with Crippen LogP contribution in [0.5, 0.6) is 0 Å². The molecule has 9 nitrogen and oxygen atoms in total. The maximum Gasteiger partial charge on any atom is 0.410 e. The summed E-state index contributed by atoms with van der Waals surface area (Å²) < 4.78 is 19.3. The molecule has 1 saturated heterocycles. The number of nitrogens with zero attached hydrogens (tertiary/aromatic N) is 4. The molecule has 1 atom stereocenters. The minimum atomic E-state index is -0.572. The van der Waals surface area contributed by atoms with E-state index in [-0.39, 0.29) is 23.6 Å². The molecule has 4 aromatic rings. The average Bonchev–Trinajstić information content (AvgIpc) is 3.55. The van der Waals surface area contributed by atoms with Crippen molar-refractivity contribution in [3.63, 3.8) is 0 Å². The van der Waals surface area contributed by atoms with Crippen molar-refractivity contribution in [3.8, 4) is 0 Å². The van der Waals surface area contributed by atoms with Gasteiger partial charge in [0.25, 0.3) is 5.69 Å². The monoisotopic (exact) mass is 545 g/mol. The maximum atomic E-state index is 13.7. The molecular formula is C30H32FN5O4. The number of amides is 1. The van der Waals surface area contributed by atoms with Gasteiger partial charge in [0.05, 0.1) is 22.0 Å². The molecule has 1 N–H and O–H groups in total. The molecule has 0 spiro atoms. The third-order valence-corrected chi connectivity index (χ3v) is 6.85. The third-order valence-electron chi connectivity index (χ3n) is 6.85. The minimum Gasteiger partial charge on any atom is -0.444 e. The largest absolute Gasteiger partial charge is 0.444 e. The van der Waals surface area contributed by atoms with E-state index in [9.17, 15) is 19.3 Å². The van der Waals surface area contributed by atoms with Gasteiger partial charge in [0, 0.05) is 37.5 Å². The lowest BCUT2D eigenvalue weighted by atomic mass is 10.1. The zero-order chi connectivity index (χ0) is 28.4. The summed E-state index contributed by atoms with van der Waals surface area (Å²) in [6.45, 7) is 7.17. The van der Waals surface area contributed by atoms with Crippen molar-refractivity contribution in [3.05, 3.63) is 99.6 Å². The van der Waals surface area contributed by atoms with Crippen molar-refractivity contribution in [1.29, 1.82) is 0 Å². The molecule has 0 bridgehead atoms. The van der Waals surface area contributed by atoms with Crippen molar-refractivity contribution in [2.45, 2.75) is 58.3 Å². The number of ether oxygens (including phenoxy) is 1. The Morgan fingerprint density at radius 1 is 1.10 bits per heavy atom. The highest BCUT2D eigenvalue weighted by Crippen LogP contribution is 2.33. The highest BCUT2D eigenvalue weighted by Gasteiger charge is 2.35. The number of nitro benzene ring substituents is 1. The van der Waals surface area contributed by atoms with Gasteiger partial charge < -0.3 is 14.6 Å². The standard InChI is InChI=1S/C30H32FN5O4/c1-30(2,3)40-29(37)35-16-4-5-27(35)28-32-25-15-8-21(17-26(25)33-28)19-34(23-13-9-22(31)10-14-23)18-20-6-11-24(12-7-20)36(38)39/h6-15,17,27H,4-5,16,18-19H2,1-3H3,(H,32,33). The van der Waals surface area contributed by atoms with Crippen LogP contribution in [-0.4, -0.2) is 38.0 Å². The van der Waals surface area contributed by atoms with E-state index in [2.05, 4.69) is 9.88 Å². The van der Waals surface area contributed by atoms with Crippen molar-refractivity contribution < 1.29 is 18.8 Å². The molecule has 5 rings (SSSR count). The van der Waals surface area contributed by atoms with Gasteiger partial charge in [-0.2, -0.15) is 0 Å². The molecule has 1 fully saturated rings. The number of aromatic amines is 1. The lowest BCUT2D eigenvalue weighted by Gasteiger charge is -2.27. The first-order chi connectivity index (χ1) is 19.1. The maximum absolute atomic E-state index is 13.7. The Labute approximate surface area is 231 Å². The first kappa shape index (κ1) is 27.1. The van der Waals surface area contributed by atoms with E-state index in [1.54, 1.807) is 29.2 Å². The molecule has 1 unspecified atom stereocenters. The summed E-state index contributed by atoms with van der Waals surface area (Å²) in [5, 5.41) is 11.1. The normalized spacial score (nSPS) is 15.4. The SMILES string of the molecule is CC(C)(C)OC(=O)N1CCCC1c1nc2cc(CN(Cc3ccc([N+](=O)[O-])cc3)c3ccc(F)cc3)ccc2[nH]1. The number of carbonyl (C=O) groups excluding carboxylic acids is 1. The molecule has 1 amide bonds. The highest BCUT2D eigenvalue weighted by atomic mass is 19.1. The van der Waals surface area contributed by atoms with Crippen molar-refractivity contribution in [2.75, 3.05) is 11.4 Å². The van der Waals surface area contributed by atoms with Crippen molar-refractivity contribution >= 4 is 28.5 Å². The fourth-order valence-corrected chi connectivity index (χ4v) is 4.97. The average molecular weight is 546 g/mol. The minimum absolute atomic E-state index is 0.0318. The van der Waals surface area contributed by atoms with Gasteiger partial charge in [-0.25, -0.2) is 14.2 Å².